The van der Waals surface area contributed by atoms with E-state index in [9.17, 15) is 0 Å². The minimum atomic E-state index is 0.673. The second-order valence-corrected chi connectivity index (χ2v) is 4.97. The summed E-state index contributed by atoms with van der Waals surface area (Å²) >= 11 is 1.78. The Bertz CT molecular complexity index is 479. The second kappa shape index (κ2) is 4.80. The first-order valence-electron chi connectivity index (χ1n) is 5.12. The first kappa shape index (κ1) is 11.3. The van der Waals surface area contributed by atoms with Gasteiger partial charge in [-0.05, 0) is 27.1 Å². The molecule has 0 atom stereocenters. The average molecular weight is 237 g/mol. The first-order valence-corrected chi connectivity index (χ1v) is 6.10. The molecule has 86 valence electrons. The van der Waals surface area contributed by atoms with Crippen LogP contribution in [0.1, 0.15) is 5.69 Å². The van der Waals surface area contributed by atoms with Gasteiger partial charge in [-0.2, -0.15) is 14.6 Å². The quantitative estimate of drug-likeness (QED) is 0.588. The molecule has 0 fully saturated rings. The predicted octanol–water partition coefficient (Wildman–Crippen LogP) is 1.09. The summed E-state index contributed by atoms with van der Waals surface area (Å²) in [6.07, 6.45) is 1.54. The van der Waals surface area contributed by atoms with E-state index < -0.39 is 0 Å². The molecule has 0 aromatic carbocycles. The SMILES string of the molecule is Cc1cc(SCCN(C)C)n2ncnc2n1. The highest BCUT2D eigenvalue weighted by molar-refractivity contribution is 7.99. The van der Waals surface area contributed by atoms with Crippen molar-refractivity contribution in [3.05, 3.63) is 18.1 Å². The molecular weight excluding hydrogens is 222 g/mol. The summed E-state index contributed by atoms with van der Waals surface area (Å²) in [6, 6.07) is 2.04. The van der Waals surface area contributed by atoms with Gasteiger partial charge in [-0.15, -0.1) is 11.8 Å². The first-order chi connectivity index (χ1) is 7.66. The van der Waals surface area contributed by atoms with Crippen molar-refractivity contribution in [3.63, 3.8) is 0 Å². The highest BCUT2D eigenvalue weighted by atomic mass is 32.2. The highest BCUT2D eigenvalue weighted by Crippen LogP contribution is 2.18. The number of hydrogen-bond acceptors (Lipinski definition) is 5. The number of nitrogens with zero attached hydrogens (tertiary/aromatic N) is 5. The fourth-order valence-corrected chi connectivity index (χ4v) is 2.50. The molecule has 6 heteroatoms. The monoisotopic (exact) mass is 237 g/mol. The zero-order valence-corrected chi connectivity index (χ0v) is 10.5. The van der Waals surface area contributed by atoms with Gasteiger partial charge in [0.1, 0.15) is 11.4 Å². The van der Waals surface area contributed by atoms with Gasteiger partial charge in [-0.25, -0.2) is 4.98 Å². The number of thioether (sulfide) groups is 1. The van der Waals surface area contributed by atoms with Crippen LogP contribution in [0.5, 0.6) is 0 Å². The number of aromatic nitrogens is 4. The number of aryl methyl sites for hydroxylation is 1. The molecule has 0 N–H and O–H groups in total. The minimum absolute atomic E-state index is 0.673. The average Bonchev–Trinajstić information content (AvgIpc) is 2.64. The molecule has 0 aliphatic rings. The van der Waals surface area contributed by atoms with Gasteiger partial charge in [-0.3, -0.25) is 0 Å². The predicted molar refractivity (Wildman–Crippen MR) is 64.8 cm³/mol. The summed E-state index contributed by atoms with van der Waals surface area (Å²) in [4.78, 5) is 10.6. The van der Waals surface area contributed by atoms with E-state index in [2.05, 4.69) is 34.1 Å². The van der Waals surface area contributed by atoms with Crippen molar-refractivity contribution in [2.75, 3.05) is 26.4 Å². The fraction of sp³-hybridized carbons (Fsp3) is 0.500. The van der Waals surface area contributed by atoms with Crippen molar-refractivity contribution in [1.82, 2.24) is 24.5 Å². The van der Waals surface area contributed by atoms with Crippen LogP contribution in [0.4, 0.5) is 0 Å². The molecule has 2 aromatic rings. The van der Waals surface area contributed by atoms with E-state index in [1.165, 1.54) is 6.33 Å². The van der Waals surface area contributed by atoms with Crippen molar-refractivity contribution in [1.29, 1.82) is 0 Å². The lowest BCUT2D eigenvalue weighted by molar-refractivity contribution is 0.437. The summed E-state index contributed by atoms with van der Waals surface area (Å²) in [5, 5.41) is 5.27. The summed E-state index contributed by atoms with van der Waals surface area (Å²) < 4.78 is 1.79. The molecule has 0 radical (unpaired) electrons. The van der Waals surface area contributed by atoms with Crippen LogP contribution < -0.4 is 0 Å². The third kappa shape index (κ3) is 2.51. The van der Waals surface area contributed by atoms with E-state index in [-0.39, 0.29) is 0 Å². The summed E-state index contributed by atoms with van der Waals surface area (Å²) in [5.74, 6) is 1.71. The molecule has 0 aliphatic carbocycles. The van der Waals surface area contributed by atoms with E-state index in [1.807, 2.05) is 13.0 Å². The van der Waals surface area contributed by atoms with Crippen LogP contribution in [0.25, 0.3) is 5.78 Å². The summed E-state index contributed by atoms with van der Waals surface area (Å²) in [5.41, 5.74) is 0.979. The van der Waals surface area contributed by atoms with Gasteiger partial charge in [-0.1, -0.05) is 0 Å². The smallest absolute Gasteiger partial charge is 0.253 e. The lowest BCUT2D eigenvalue weighted by Crippen LogP contribution is -2.15. The largest absolute Gasteiger partial charge is 0.309 e. The molecule has 0 bridgehead atoms. The highest BCUT2D eigenvalue weighted by Gasteiger charge is 2.05. The third-order valence-corrected chi connectivity index (χ3v) is 3.11. The second-order valence-electron chi connectivity index (χ2n) is 3.86. The summed E-state index contributed by atoms with van der Waals surface area (Å²) in [6.45, 7) is 3.02. The Hall–Kier alpha value is -1.14. The Morgan fingerprint density at radius 1 is 1.44 bits per heavy atom. The van der Waals surface area contributed by atoms with Gasteiger partial charge < -0.3 is 4.90 Å². The van der Waals surface area contributed by atoms with Crippen molar-refractivity contribution < 1.29 is 0 Å². The van der Waals surface area contributed by atoms with Crippen LogP contribution in [0, 0.1) is 6.92 Å². The standard InChI is InChI=1S/C10H15N5S/c1-8-6-9(16-5-4-14(2)3)15-10(13-8)11-7-12-15/h6-7H,4-5H2,1-3H3. The van der Waals surface area contributed by atoms with Crippen LogP contribution in [0.15, 0.2) is 17.4 Å². The molecule has 0 saturated carbocycles. The van der Waals surface area contributed by atoms with Crippen LogP contribution in [0.2, 0.25) is 0 Å². The molecule has 2 rings (SSSR count). The third-order valence-electron chi connectivity index (χ3n) is 2.14. The molecule has 0 unspecified atom stereocenters. The molecular formula is C10H15N5S. The van der Waals surface area contributed by atoms with E-state index in [4.69, 9.17) is 0 Å². The minimum Gasteiger partial charge on any atom is -0.309 e. The Morgan fingerprint density at radius 2 is 2.25 bits per heavy atom. The zero-order chi connectivity index (χ0) is 11.5. The molecule has 0 aliphatic heterocycles. The van der Waals surface area contributed by atoms with Crippen LogP contribution >= 0.6 is 11.8 Å². The van der Waals surface area contributed by atoms with Crippen LogP contribution in [-0.4, -0.2) is 50.9 Å². The lowest BCUT2D eigenvalue weighted by atomic mass is 10.5. The number of hydrogen-bond donors (Lipinski definition) is 0. The topological polar surface area (TPSA) is 46.3 Å². The molecule has 0 spiro atoms. The van der Waals surface area contributed by atoms with Gasteiger partial charge in [0, 0.05) is 18.0 Å². The number of fused-ring (bicyclic) bond motifs is 1. The molecule has 0 amide bonds. The van der Waals surface area contributed by atoms with Crippen molar-refractivity contribution in [2.24, 2.45) is 0 Å². The van der Waals surface area contributed by atoms with E-state index >= 15 is 0 Å². The van der Waals surface area contributed by atoms with Gasteiger partial charge in [0.2, 0.25) is 0 Å². The van der Waals surface area contributed by atoms with Crippen molar-refractivity contribution >= 4 is 17.5 Å². The Labute approximate surface area is 98.9 Å². The van der Waals surface area contributed by atoms with Crippen molar-refractivity contribution in [2.45, 2.75) is 11.9 Å². The van der Waals surface area contributed by atoms with Gasteiger partial charge >= 0.3 is 0 Å². The molecule has 5 nitrogen and oxygen atoms in total. The Balaban J connectivity index is 2.19. The van der Waals surface area contributed by atoms with E-state index in [0.29, 0.717) is 5.78 Å². The maximum absolute atomic E-state index is 4.31. The van der Waals surface area contributed by atoms with Gasteiger partial charge in [0.05, 0.1) is 0 Å². The van der Waals surface area contributed by atoms with Gasteiger partial charge in [0.25, 0.3) is 5.78 Å². The molecule has 16 heavy (non-hydrogen) atoms. The van der Waals surface area contributed by atoms with E-state index in [1.54, 1.807) is 16.3 Å². The fourth-order valence-electron chi connectivity index (χ4n) is 1.33. The normalized spacial score (nSPS) is 11.5. The van der Waals surface area contributed by atoms with Crippen molar-refractivity contribution in [3.8, 4) is 0 Å². The lowest BCUT2D eigenvalue weighted by Gasteiger charge is -2.09. The van der Waals surface area contributed by atoms with E-state index in [0.717, 1.165) is 23.0 Å². The maximum atomic E-state index is 4.31. The molecule has 2 aromatic heterocycles. The molecule has 0 saturated heterocycles. The Kier molecular flexibility index (Phi) is 3.40. The zero-order valence-electron chi connectivity index (χ0n) is 9.71. The number of rotatable bonds is 4. The van der Waals surface area contributed by atoms with Crippen LogP contribution in [0.3, 0.4) is 0 Å². The Morgan fingerprint density at radius 3 is 3.00 bits per heavy atom. The molecule has 2 heterocycles. The van der Waals surface area contributed by atoms with Gasteiger partial charge in [0.15, 0.2) is 0 Å². The summed E-state index contributed by atoms with van der Waals surface area (Å²) in [7, 11) is 4.15. The van der Waals surface area contributed by atoms with Crippen LogP contribution in [-0.2, 0) is 0 Å². The maximum Gasteiger partial charge on any atom is 0.253 e.